The molecule has 2 heterocycles. The highest BCUT2D eigenvalue weighted by Gasteiger charge is 2.23. The van der Waals surface area contributed by atoms with Crippen LogP contribution in [0.5, 0.6) is 11.5 Å². The fourth-order valence-corrected chi connectivity index (χ4v) is 2.46. The molecule has 0 saturated heterocycles. The highest BCUT2D eigenvalue weighted by Crippen LogP contribution is 2.32. The lowest BCUT2D eigenvalue weighted by Crippen LogP contribution is -2.14. The summed E-state index contributed by atoms with van der Waals surface area (Å²) in [6, 6.07) is 4.69. The number of nitrogens with zero attached hydrogens (tertiary/aromatic N) is 1. The van der Waals surface area contributed by atoms with Gasteiger partial charge in [-0.25, -0.2) is 4.98 Å². The highest BCUT2D eigenvalue weighted by molar-refractivity contribution is 7.12. The van der Waals surface area contributed by atoms with Gasteiger partial charge in [-0.15, -0.1) is 11.3 Å². The summed E-state index contributed by atoms with van der Waals surface area (Å²) < 4.78 is 10.3. The van der Waals surface area contributed by atoms with E-state index < -0.39 is 11.6 Å². The van der Waals surface area contributed by atoms with Crippen LogP contribution in [0, 0.1) is 6.92 Å². The predicted octanol–water partition coefficient (Wildman–Crippen LogP) is 2.25. The molecule has 96 valence electrons. The highest BCUT2D eigenvalue weighted by atomic mass is 32.1. The van der Waals surface area contributed by atoms with E-state index in [-0.39, 0.29) is 17.4 Å². The van der Waals surface area contributed by atoms with Crippen molar-refractivity contribution in [2.75, 3.05) is 6.79 Å². The lowest BCUT2D eigenvalue weighted by Gasteiger charge is -2.00. The maximum absolute atomic E-state index is 12.1. The van der Waals surface area contributed by atoms with Gasteiger partial charge in [-0.3, -0.25) is 9.59 Å². The van der Waals surface area contributed by atoms with Crippen LogP contribution in [0.15, 0.2) is 23.6 Å². The fraction of sp³-hybridized carbons (Fsp3) is 0.154. The SMILES string of the molecule is Cc1csc(C(=O)C(=O)c2ccc3c(c2)OCO3)n1. The Labute approximate surface area is 112 Å². The van der Waals surface area contributed by atoms with Crippen LogP contribution in [0.3, 0.4) is 0 Å². The smallest absolute Gasteiger partial charge is 0.261 e. The summed E-state index contributed by atoms with van der Waals surface area (Å²) in [4.78, 5) is 28.1. The summed E-state index contributed by atoms with van der Waals surface area (Å²) in [7, 11) is 0. The van der Waals surface area contributed by atoms with Gasteiger partial charge >= 0.3 is 0 Å². The number of benzene rings is 1. The van der Waals surface area contributed by atoms with Crippen LogP contribution in [0.2, 0.25) is 0 Å². The Morgan fingerprint density at radius 2 is 2.00 bits per heavy atom. The van der Waals surface area contributed by atoms with Crippen molar-refractivity contribution in [1.82, 2.24) is 4.98 Å². The second-order valence-corrected chi connectivity index (χ2v) is 4.88. The molecular formula is C13H9NO4S. The summed E-state index contributed by atoms with van der Waals surface area (Å²) in [5.74, 6) is -0.132. The average molecular weight is 275 g/mol. The van der Waals surface area contributed by atoms with Gasteiger partial charge in [-0.1, -0.05) is 0 Å². The van der Waals surface area contributed by atoms with Gasteiger partial charge in [-0.05, 0) is 25.1 Å². The number of ketones is 2. The predicted molar refractivity (Wildman–Crippen MR) is 68.1 cm³/mol. The summed E-state index contributed by atoms with van der Waals surface area (Å²) >= 11 is 1.17. The van der Waals surface area contributed by atoms with Gasteiger partial charge < -0.3 is 9.47 Å². The molecule has 1 aliphatic heterocycles. The van der Waals surface area contributed by atoms with Gasteiger partial charge in [0, 0.05) is 16.6 Å². The molecule has 0 atom stereocenters. The molecule has 6 heteroatoms. The van der Waals surface area contributed by atoms with E-state index in [0.29, 0.717) is 11.5 Å². The molecule has 0 spiro atoms. The third kappa shape index (κ3) is 2.10. The molecule has 3 rings (SSSR count). The Bertz CT molecular complexity index is 677. The van der Waals surface area contributed by atoms with Gasteiger partial charge in [-0.2, -0.15) is 0 Å². The number of aryl methyl sites for hydroxylation is 1. The Morgan fingerprint density at radius 3 is 2.74 bits per heavy atom. The summed E-state index contributed by atoms with van der Waals surface area (Å²) in [5, 5.41) is 1.94. The summed E-state index contributed by atoms with van der Waals surface area (Å²) in [6.45, 7) is 1.91. The van der Waals surface area contributed by atoms with Crippen molar-refractivity contribution in [1.29, 1.82) is 0 Å². The molecule has 0 aliphatic carbocycles. The number of carbonyl (C=O) groups excluding carboxylic acids is 2. The van der Waals surface area contributed by atoms with E-state index in [4.69, 9.17) is 9.47 Å². The Kier molecular flexibility index (Phi) is 2.79. The zero-order chi connectivity index (χ0) is 13.4. The number of thiazole rings is 1. The Morgan fingerprint density at radius 1 is 1.21 bits per heavy atom. The van der Waals surface area contributed by atoms with Crippen LogP contribution >= 0.6 is 11.3 Å². The molecule has 5 nitrogen and oxygen atoms in total. The van der Waals surface area contributed by atoms with Crippen molar-refractivity contribution in [2.24, 2.45) is 0 Å². The number of rotatable bonds is 3. The number of hydrogen-bond acceptors (Lipinski definition) is 6. The Balaban J connectivity index is 1.90. The van der Waals surface area contributed by atoms with E-state index >= 15 is 0 Å². The molecule has 1 aromatic heterocycles. The summed E-state index contributed by atoms with van der Waals surface area (Å²) in [5.41, 5.74) is 1.01. The zero-order valence-corrected chi connectivity index (χ0v) is 10.8. The van der Waals surface area contributed by atoms with Gasteiger partial charge in [0.15, 0.2) is 16.5 Å². The second kappa shape index (κ2) is 4.47. The first kappa shape index (κ1) is 11.9. The number of aromatic nitrogens is 1. The van der Waals surface area contributed by atoms with E-state index in [1.807, 2.05) is 0 Å². The molecule has 0 saturated carbocycles. The van der Waals surface area contributed by atoms with Crippen LogP contribution in [0.1, 0.15) is 25.9 Å². The first-order valence-corrected chi connectivity index (χ1v) is 6.44. The van der Waals surface area contributed by atoms with Crippen molar-refractivity contribution in [3.63, 3.8) is 0 Å². The second-order valence-electron chi connectivity index (χ2n) is 4.02. The molecule has 0 fully saturated rings. The molecule has 1 aromatic carbocycles. The molecule has 0 bridgehead atoms. The average Bonchev–Trinajstić information content (AvgIpc) is 3.04. The van der Waals surface area contributed by atoms with Gasteiger partial charge in [0.2, 0.25) is 12.6 Å². The monoisotopic (exact) mass is 275 g/mol. The minimum Gasteiger partial charge on any atom is -0.454 e. The number of carbonyl (C=O) groups is 2. The van der Waals surface area contributed by atoms with Crippen LogP contribution in [-0.4, -0.2) is 23.3 Å². The molecule has 0 amide bonds. The zero-order valence-electron chi connectivity index (χ0n) is 10.0. The van der Waals surface area contributed by atoms with Crippen molar-refractivity contribution in [2.45, 2.75) is 6.92 Å². The largest absolute Gasteiger partial charge is 0.454 e. The van der Waals surface area contributed by atoms with Crippen LogP contribution < -0.4 is 9.47 Å². The number of ether oxygens (including phenoxy) is 2. The fourth-order valence-electron chi connectivity index (χ4n) is 1.72. The quantitative estimate of drug-likeness (QED) is 0.635. The molecule has 19 heavy (non-hydrogen) atoms. The molecular weight excluding hydrogens is 266 g/mol. The van der Waals surface area contributed by atoms with Crippen molar-refractivity contribution in [3.8, 4) is 11.5 Å². The normalized spacial score (nSPS) is 12.5. The van der Waals surface area contributed by atoms with Gasteiger partial charge in [0.25, 0.3) is 5.78 Å². The van der Waals surface area contributed by atoms with Crippen molar-refractivity contribution in [3.05, 3.63) is 39.8 Å². The first-order chi connectivity index (χ1) is 9.15. The minimum atomic E-state index is -0.600. The van der Waals surface area contributed by atoms with E-state index in [1.54, 1.807) is 24.4 Å². The van der Waals surface area contributed by atoms with Gasteiger partial charge in [0.05, 0.1) is 0 Å². The van der Waals surface area contributed by atoms with E-state index in [1.165, 1.54) is 17.4 Å². The Hall–Kier alpha value is -2.21. The third-order valence-electron chi connectivity index (χ3n) is 2.65. The lowest BCUT2D eigenvalue weighted by atomic mass is 10.1. The third-order valence-corrected chi connectivity index (χ3v) is 3.61. The number of Topliss-reactive ketones (excluding diaryl/α,β-unsaturated/α-hetero) is 2. The van der Waals surface area contributed by atoms with E-state index in [0.717, 1.165) is 5.69 Å². The van der Waals surface area contributed by atoms with E-state index in [9.17, 15) is 9.59 Å². The van der Waals surface area contributed by atoms with E-state index in [2.05, 4.69) is 4.98 Å². The first-order valence-electron chi connectivity index (χ1n) is 5.56. The molecule has 0 radical (unpaired) electrons. The minimum absolute atomic E-state index is 0.132. The summed E-state index contributed by atoms with van der Waals surface area (Å²) in [6.07, 6.45) is 0. The van der Waals surface area contributed by atoms with Crippen molar-refractivity contribution >= 4 is 22.9 Å². The standard InChI is InChI=1S/C13H9NO4S/c1-7-5-19-13(14-7)12(16)11(15)8-2-3-9-10(4-8)18-6-17-9/h2-5H,6H2,1H3. The van der Waals surface area contributed by atoms with Crippen LogP contribution in [0.25, 0.3) is 0 Å². The number of fused-ring (bicyclic) bond motifs is 1. The topological polar surface area (TPSA) is 65.5 Å². The molecule has 1 aliphatic rings. The lowest BCUT2D eigenvalue weighted by molar-refractivity contribution is 0.0816. The van der Waals surface area contributed by atoms with Crippen LogP contribution in [0.4, 0.5) is 0 Å². The molecule has 2 aromatic rings. The molecule has 0 unspecified atom stereocenters. The molecule has 0 N–H and O–H groups in total. The maximum Gasteiger partial charge on any atom is 0.261 e. The van der Waals surface area contributed by atoms with Crippen molar-refractivity contribution < 1.29 is 19.1 Å². The maximum atomic E-state index is 12.1. The van der Waals surface area contributed by atoms with Crippen LogP contribution in [-0.2, 0) is 0 Å². The van der Waals surface area contributed by atoms with Gasteiger partial charge in [0.1, 0.15) is 0 Å². The number of hydrogen-bond donors (Lipinski definition) is 0.